The molecule has 6 heteroatoms. The van der Waals surface area contributed by atoms with Crippen LogP contribution in [0.2, 0.25) is 0 Å². The first-order valence-corrected chi connectivity index (χ1v) is 8.38. The molecular formula is C19H27IN4O. The van der Waals surface area contributed by atoms with Crippen molar-refractivity contribution >= 4 is 29.9 Å². The van der Waals surface area contributed by atoms with Crippen molar-refractivity contribution in [3.63, 3.8) is 0 Å². The van der Waals surface area contributed by atoms with Gasteiger partial charge in [0.2, 0.25) is 0 Å². The van der Waals surface area contributed by atoms with Gasteiger partial charge in [-0.15, -0.1) is 24.0 Å². The summed E-state index contributed by atoms with van der Waals surface area (Å²) >= 11 is 0. The fourth-order valence-electron chi connectivity index (χ4n) is 2.13. The predicted molar refractivity (Wildman–Crippen MR) is 114 cm³/mol. The van der Waals surface area contributed by atoms with Crippen molar-refractivity contribution in [2.24, 2.45) is 4.99 Å². The number of hydrogen-bond donors (Lipinski definition) is 2. The molecule has 5 nitrogen and oxygen atoms in total. The lowest BCUT2D eigenvalue weighted by Gasteiger charge is -2.12. The number of unbranched alkanes of at least 4 members (excludes halogenated alkanes) is 1. The Morgan fingerprint density at radius 3 is 2.56 bits per heavy atom. The third-order valence-corrected chi connectivity index (χ3v) is 3.54. The molecule has 2 N–H and O–H groups in total. The summed E-state index contributed by atoms with van der Waals surface area (Å²) in [6.07, 6.45) is 4.09. The van der Waals surface area contributed by atoms with E-state index in [1.54, 1.807) is 13.2 Å². The zero-order valence-electron chi connectivity index (χ0n) is 14.9. The molecule has 136 valence electrons. The number of rotatable bonds is 8. The quantitative estimate of drug-likeness (QED) is 0.276. The van der Waals surface area contributed by atoms with Gasteiger partial charge in [-0.1, -0.05) is 31.5 Å². The molecule has 2 aromatic rings. The van der Waals surface area contributed by atoms with Crippen LogP contribution in [0.3, 0.4) is 0 Å². The number of ether oxygens (including phenoxy) is 1. The molecule has 1 aromatic heterocycles. The number of halogens is 1. The second-order valence-electron chi connectivity index (χ2n) is 5.46. The predicted octanol–water partition coefficient (Wildman–Crippen LogP) is 3.74. The lowest BCUT2D eigenvalue weighted by molar-refractivity contribution is 0.301. The summed E-state index contributed by atoms with van der Waals surface area (Å²) in [5, 5.41) is 6.61. The van der Waals surface area contributed by atoms with E-state index in [0.717, 1.165) is 36.9 Å². The summed E-state index contributed by atoms with van der Waals surface area (Å²) in [5.74, 6) is 1.67. The van der Waals surface area contributed by atoms with Gasteiger partial charge in [0.1, 0.15) is 12.4 Å². The van der Waals surface area contributed by atoms with Crippen molar-refractivity contribution in [2.45, 2.75) is 32.9 Å². The van der Waals surface area contributed by atoms with E-state index in [0.29, 0.717) is 6.61 Å². The van der Waals surface area contributed by atoms with E-state index in [4.69, 9.17) is 4.74 Å². The van der Waals surface area contributed by atoms with Crippen LogP contribution in [-0.2, 0) is 13.2 Å². The number of nitrogens with zero attached hydrogens (tertiary/aromatic N) is 2. The van der Waals surface area contributed by atoms with Gasteiger partial charge in [0, 0.05) is 26.3 Å². The van der Waals surface area contributed by atoms with E-state index in [1.807, 2.05) is 30.3 Å². The molecule has 0 aliphatic heterocycles. The van der Waals surface area contributed by atoms with Gasteiger partial charge in [-0.25, -0.2) is 0 Å². The molecule has 1 heterocycles. The van der Waals surface area contributed by atoms with Crippen LogP contribution in [0.4, 0.5) is 0 Å². The molecule has 0 unspecified atom stereocenters. The summed E-state index contributed by atoms with van der Waals surface area (Å²) in [5.41, 5.74) is 2.10. The zero-order chi connectivity index (χ0) is 17.0. The van der Waals surface area contributed by atoms with E-state index in [2.05, 4.69) is 39.7 Å². The highest BCUT2D eigenvalue weighted by atomic mass is 127. The molecule has 0 atom stereocenters. The highest BCUT2D eigenvalue weighted by Crippen LogP contribution is 2.13. The number of nitrogens with one attached hydrogen (secondary N) is 2. The van der Waals surface area contributed by atoms with Crippen LogP contribution in [0, 0.1) is 0 Å². The summed E-state index contributed by atoms with van der Waals surface area (Å²) in [7, 11) is 1.79. The number of aromatic nitrogens is 1. The number of guanidine groups is 1. The zero-order valence-corrected chi connectivity index (χ0v) is 17.2. The van der Waals surface area contributed by atoms with E-state index in [-0.39, 0.29) is 24.0 Å². The lowest BCUT2D eigenvalue weighted by Crippen LogP contribution is -2.37. The molecular weight excluding hydrogens is 427 g/mol. The molecule has 2 rings (SSSR count). The maximum Gasteiger partial charge on any atom is 0.191 e. The van der Waals surface area contributed by atoms with Crippen LogP contribution in [0.25, 0.3) is 0 Å². The molecule has 0 aliphatic carbocycles. The number of aliphatic imine (C=N–C) groups is 1. The van der Waals surface area contributed by atoms with E-state index >= 15 is 0 Å². The Morgan fingerprint density at radius 1 is 1.12 bits per heavy atom. The highest BCUT2D eigenvalue weighted by molar-refractivity contribution is 14.0. The third kappa shape index (κ3) is 8.20. The Morgan fingerprint density at radius 2 is 1.92 bits per heavy atom. The fraction of sp³-hybridized carbons (Fsp3) is 0.368. The third-order valence-electron chi connectivity index (χ3n) is 3.54. The summed E-state index contributed by atoms with van der Waals surface area (Å²) in [6, 6.07) is 13.9. The summed E-state index contributed by atoms with van der Waals surface area (Å²) < 4.78 is 5.74. The van der Waals surface area contributed by atoms with Crippen molar-refractivity contribution < 1.29 is 4.74 Å². The average Bonchev–Trinajstić information content (AvgIpc) is 2.64. The van der Waals surface area contributed by atoms with Crippen LogP contribution in [-0.4, -0.2) is 24.5 Å². The largest absolute Gasteiger partial charge is 0.487 e. The van der Waals surface area contributed by atoms with E-state index in [9.17, 15) is 0 Å². The smallest absolute Gasteiger partial charge is 0.191 e. The lowest BCUT2D eigenvalue weighted by atomic mass is 10.2. The Hall–Kier alpha value is -1.83. The van der Waals surface area contributed by atoms with Crippen molar-refractivity contribution in [1.82, 2.24) is 15.6 Å². The molecule has 25 heavy (non-hydrogen) atoms. The SMILES string of the molecule is CCCCNC(=NC)NCc1ccc(OCc2ccccn2)cc1.I. The van der Waals surface area contributed by atoms with E-state index < -0.39 is 0 Å². The van der Waals surface area contributed by atoms with Gasteiger partial charge in [-0.2, -0.15) is 0 Å². The number of benzene rings is 1. The second kappa shape index (κ2) is 12.5. The molecule has 0 saturated carbocycles. The fourth-order valence-corrected chi connectivity index (χ4v) is 2.13. The minimum atomic E-state index is 0. The molecule has 0 bridgehead atoms. The standard InChI is InChI=1S/C19H26N4O.HI/c1-3-4-12-22-19(20-2)23-14-16-8-10-18(11-9-16)24-15-17-7-5-6-13-21-17;/h5-11,13H,3-4,12,14-15H2,1-2H3,(H2,20,22,23);1H. The van der Waals surface area contributed by atoms with Gasteiger partial charge in [0.25, 0.3) is 0 Å². The molecule has 1 aromatic carbocycles. The van der Waals surface area contributed by atoms with Gasteiger partial charge in [-0.3, -0.25) is 9.98 Å². The topological polar surface area (TPSA) is 58.5 Å². The summed E-state index contributed by atoms with van der Waals surface area (Å²) in [4.78, 5) is 8.46. The van der Waals surface area contributed by atoms with Gasteiger partial charge in [0.05, 0.1) is 5.69 Å². The van der Waals surface area contributed by atoms with Crippen LogP contribution in [0.5, 0.6) is 5.75 Å². The minimum absolute atomic E-state index is 0. The molecule has 0 saturated heterocycles. The van der Waals surface area contributed by atoms with Crippen LogP contribution < -0.4 is 15.4 Å². The Bertz CT molecular complexity index is 617. The van der Waals surface area contributed by atoms with Gasteiger partial charge < -0.3 is 15.4 Å². The monoisotopic (exact) mass is 454 g/mol. The Labute approximate surface area is 167 Å². The van der Waals surface area contributed by atoms with Gasteiger partial charge in [0.15, 0.2) is 5.96 Å². The maximum atomic E-state index is 5.74. The normalized spacial score (nSPS) is 10.7. The molecule has 0 spiro atoms. The second-order valence-corrected chi connectivity index (χ2v) is 5.46. The average molecular weight is 454 g/mol. The summed E-state index contributed by atoms with van der Waals surface area (Å²) in [6.45, 7) is 4.32. The maximum absolute atomic E-state index is 5.74. The van der Waals surface area contributed by atoms with Gasteiger partial charge in [-0.05, 0) is 36.2 Å². The first kappa shape index (κ1) is 21.2. The Balaban J connectivity index is 0.00000312. The van der Waals surface area contributed by atoms with Crippen molar-refractivity contribution in [3.8, 4) is 5.75 Å². The number of hydrogen-bond acceptors (Lipinski definition) is 3. The Kier molecular flexibility index (Phi) is 10.6. The molecule has 0 amide bonds. The van der Waals surface area contributed by atoms with Crippen LogP contribution in [0.1, 0.15) is 31.0 Å². The van der Waals surface area contributed by atoms with Crippen LogP contribution >= 0.6 is 24.0 Å². The minimum Gasteiger partial charge on any atom is -0.487 e. The first-order valence-electron chi connectivity index (χ1n) is 8.38. The molecule has 0 aliphatic rings. The highest BCUT2D eigenvalue weighted by Gasteiger charge is 2.00. The van der Waals surface area contributed by atoms with Gasteiger partial charge >= 0.3 is 0 Å². The van der Waals surface area contributed by atoms with Crippen molar-refractivity contribution in [3.05, 3.63) is 59.9 Å². The van der Waals surface area contributed by atoms with E-state index in [1.165, 1.54) is 12.0 Å². The molecule has 0 fully saturated rings. The first-order chi connectivity index (χ1) is 11.8. The van der Waals surface area contributed by atoms with Crippen LogP contribution in [0.15, 0.2) is 53.7 Å². The van der Waals surface area contributed by atoms with Crippen molar-refractivity contribution in [2.75, 3.05) is 13.6 Å². The molecule has 0 radical (unpaired) electrons. The number of pyridine rings is 1. The van der Waals surface area contributed by atoms with Crippen molar-refractivity contribution in [1.29, 1.82) is 0 Å².